The Hall–Kier alpha value is -1.88. The van der Waals surface area contributed by atoms with Crippen LogP contribution in [-0.2, 0) is 22.2 Å². The van der Waals surface area contributed by atoms with Crippen molar-refractivity contribution in [1.82, 2.24) is 13.9 Å². The third-order valence-electron chi connectivity index (χ3n) is 7.25. The molecule has 0 bridgehead atoms. The fourth-order valence-electron chi connectivity index (χ4n) is 5.06. The van der Waals surface area contributed by atoms with Gasteiger partial charge in [-0.15, -0.1) is 0 Å². The first-order valence-corrected chi connectivity index (χ1v) is 13.5. The van der Waals surface area contributed by atoms with Crippen LogP contribution in [-0.4, -0.2) is 54.6 Å². The Balaban J connectivity index is 1.58. The van der Waals surface area contributed by atoms with E-state index in [-0.39, 0.29) is 43.7 Å². The summed E-state index contributed by atoms with van der Waals surface area (Å²) in [6.45, 7) is 4.68. The van der Waals surface area contributed by atoms with E-state index in [0.717, 1.165) is 15.6 Å². The van der Waals surface area contributed by atoms with Crippen LogP contribution in [0, 0.1) is 11.3 Å². The fourth-order valence-corrected chi connectivity index (χ4v) is 6.39. The molecule has 0 amide bonds. The number of imidazole rings is 1. The number of rotatable bonds is 7. The molecule has 0 spiro atoms. The zero-order chi connectivity index (χ0) is 25.6. The van der Waals surface area contributed by atoms with Gasteiger partial charge in [-0.1, -0.05) is 20.8 Å². The summed E-state index contributed by atoms with van der Waals surface area (Å²) in [5, 5.41) is 0. The van der Waals surface area contributed by atoms with Gasteiger partial charge in [-0.2, -0.15) is 12.7 Å². The zero-order valence-corrected chi connectivity index (χ0v) is 21.3. The van der Waals surface area contributed by atoms with Crippen molar-refractivity contribution in [1.29, 1.82) is 0 Å². The highest BCUT2D eigenvalue weighted by atomic mass is 32.2. The third kappa shape index (κ3) is 5.45. The van der Waals surface area contributed by atoms with Gasteiger partial charge in [0.2, 0.25) is 5.92 Å². The molecule has 4 rings (SSSR count). The van der Waals surface area contributed by atoms with Crippen LogP contribution in [0.15, 0.2) is 18.2 Å². The molecular formula is C24H34F4N4O2S. The number of nitrogens with zero attached hydrogens (tertiary/aromatic N) is 3. The smallest absolute Gasteiger partial charge is 0.301 e. The summed E-state index contributed by atoms with van der Waals surface area (Å²) < 4.78 is 85.4. The van der Waals surface area contributed by atoms with E-state index in [1.807, 2.05) is 20.8 Å². The van der Waals surface area contributed by atoms with E-state index in [2.05, 4.69) is 9.29 Å². The van der Waals surface area contributed by atoms with Crippen LogP contribution >= 0.6 is 0 Å². The van der Waals surface area contributed by atoms with Crippen molar-refractivity contribution in [2.45, 2.75) is 70.8 Å². The Morgan fingerprint density at radius 2 is 1.77 bits per heavy atom. The lowest BCUT2D eigenvalue weighted by Gasteiger charge is -2.30. The normalized spacial score (nSPS) is 21.6. The van der Waals surface area contributed by atoms with Gasteiger partial charge < -0.3 is 4.57 Å². The number of halogens is 4. The van der Waals surface area contributed by atoms with Crippen molar-refractivity contribution in [3.63, 3.8) is 0 Å². The number of anilines is 1. The van der Waals surface area contributed by atoms with E-state index in [9.17, 15) is 26.0 Å². The van der Waals surface area contributed by atoms with Crippen LogP contribution in [0.3, 0.4) is 0 Å². The molecule has 2 aromatic rings. The topological polar surface area (TPSA) is 67.2 Å². The fraction of sp³-hybridized carbons (Fsp3) is 0.708. The first kappa shape index (κ1) is 26.2. The van der Waals surface area contributed by atoms with Gasteiger partial charge >= 0.3 is 10.2 Å². The Labute approximate surface area is 204 Å². The molecule has 2 heterocycles. The Morgan fingerprint density at radius 3 is 2.34 bits per heavy atom. The standard InChI is InChI=1S/C24H34F4N4O2S/c1-22(2,3)21-29-19-12-18(30-35(33,34)31-11-10-23(14-25,15-26)16-31)4-5-20(19)32(21)13-17-6-8-24(27,28)9-7-17/h4-5,12,17,30H,6-11,13-16H2,1-3H3. The van der Waals surface area contributed by atoms with Gasteiger partial charge in [0.25, 0.3) is 0 Å². The lowest BCUT2D eigenvalue weighted by atomic mass is 9.86. The summed E-state index contributed by atoms with van der Waals surface area (Å²) in [6, 6.07) is 5.05. The van der Waals surface area contributed by atoms with Crippen LogP contribution in [0.5, 0.6) is 0 Å². The molecule has 1 aliphatic carbocycles. The first-order chi connectivity index (χ1) is 16.3. The van der Waals surface area contributed by atoms with Crippen molar-refractivity contribution in [2.75, 3.05) is 31.2 Å². The van der Waals surface area contributed by atoms with E-state index in [1.165, 1.54) is 0 Å². The molecule has 0 radical (unpaired) electrons. The summed E-state index contributed by atoms with van der Waals surface area (Å²) in [5.74, 6) is -1.66. The second-order valence-electron chi connectivity index (χ2n) is 11.3. The number of fused-ring (bicyclic) bond motifs is 1. The lowest BCUT2D eigenvalue weighted by Crippen LogP contribution is -2.37. The Morgan fingerprint density at radius 1 is 1.11 bits per heavy atom. The summed E-state index contributed by atoms with van der Waals surface area (Å²) in [5.41, 5.74) is 0.125. The summed E-state index contributed by atoms with van der Waals surface area (Å²) in [6.07, 6.45) is 0.812. The number of aromatic nitrogens is 2. The highest BCUT2D eigenvalue weighted by molar-refractivity contribution is 7.90. The minimum atomic E-state index is -3.99. The average molecular weight is 519 g/mol. The summed E-state index contributed by atoms with van der Waals surface area (Å²) in [7, 11) is -3.99. The van der Waals surface area contributed by atoms with Crippen LogP contribution < -0.4 is 4.72 Å². The maximum absolute atomic E-state index is 13.6. The molecule has 0 unspecified atom stereocenters. The zero-order valence-electron chi connectivity index (χ0n) is 20.5. The predicted octanol–water partition coefficient (Wildman–Crippen LogP) is 5.45. The molecule has 35 heavy (non-hydrogen) atoms. The molecular weight excluding hydrogens is 484 g/mol. The van der Waals surface area contributed by atoms with Gasteiger partial charge in [-0.25, -0.2) is 13.8 Å². The van der Waals surface area contributed by atoms with Crippen LogP contribution in [0.2, 0.25) is 0 Å². The largest absolute Gasteiger partial charge is 0.327 e. The summed E-state index contributed by atoms with van der Waals surface area (Å²) >= 11 is 0. The Bertz CT molecular complexity index is 1160. The lowest BCUT2D eigenvalue weighted by molar-refractivity contribution is -0.0473. The van der Waals surface area contributed by atoms with Gasteiger partial charge in [0, 0.05) is 43.3 Å². The van der Waals surface area contributed by atoms with E-state index in [4.69, 9.17) is 4.98 Å². The molecule has 6 nitrogen and oxygen atoms in total. The predicted molar refractivity (Wildman–Crippen MR) is 128 cm³/mol. The van der Waals surface area contributed by atoms with Gasteiger partial charge in [0.1, 0.15) is 5.82 Å². The van der Waals surface area contributed by atoms with Gasteiger partial charge in [0.05, 0.1) is 30.1 Å². The first-order valence-electron chi connectivity index (χ1n) is 12.1. The summed E-state index contributed by atoms with van der Waals surface area (Å²) in [4.78, 5) is 4.78. The molecule has 1 aliphatic heterocycles. The second-order valence-corrected chi connectivity index (χ2v) is 12.9. The van der Waals surface area contributed by atoms with E-state index >= 15 is 0 Å². The molecule has 1 saturated carbocycles. The maximum Gasteiger partial charge on any atom is 0.301 e. The van der Waals surface area contributed by atoms with E-state index in [0.29, 0.717) is 30.6 Å². The van der Waals surface area contributed by atoms with Crippen molar-refractivity contribution in [2.24, 2.45) is 11.3 Å². The molecule has 11 heteroatoms. The van der Waals surface area contributed by atoms with Crippen LogP contribution in [0.25, 0.3) is 11.0 Å². The number of alkyl halides is 4. The number of hydrogen-bond donors (Lipinski definition) is 1. The van der Waals surface area contributed by atoms with Gasteiger partial charge in [-0.3, -0.25) is 13.5 Å². The molecule has 1 aromatic carbocycles. The molecule has 0 atom stereocenters. The van der Waals surface area contributed by atoms with E-state index in [1.54, 1.807) is 18.2 Å². The number of nitrogens with one attached hydrogen (secondary N) is 1. The van der Waals surface area contributed by atoms with Gasteiger partial charge in [-0.05, 0) is 43.4 Å². The van der Waals surface area contributed by atoms with Crippen molar-refractivity contribution >= 4 is 26.9 Å². The number of benzene rings is 1. The molecule has 1 aromatic heterocycles. The SMILES string of the molecule is CC(C)(C)c1nc2cc(NS(=O)(=O)N3CCC(CF)(CF)C3)ccc2n1CC1CCC(F)(F)CC1. The maximum atomic E-state index is 13.6. The highest BCUT2D eigenvalue weighted by Gasteiger charge is 2.43. The monoisotopic (exact) mass is 518 g/mol. The van der Waals surface area contributed by atoms with E-state index < -0.39 is 34.9 Å². The molecule has 1 N–H and O–H groups in total. The van der Waals surface area contributed by atoms with Crippen LogP contribution in [0.4, 0.5) is 23.2 Å². The van der Waals surface area contributed by atoms with Crippen molar-refractivity contribution < 1.29 is 26.0 Å². The molecule has 196 valence electrons. The number of hydrogen-bond acceptors (Lipinski definition) is 3. The minimum Gasteiger partial charge on any atom is -0.327 e. The molecule has 2 aliphatic rings. The quantitative estimate of drug-likeness (QED) is 0.496. The third-order valence-corrected chi connectivity index (χ3v) is 8.74. The van der Waals surface area contributed by atoms with Gasteiger partial charge in [0.15, 0.2) is 0 Å². The van der Waals surface area contributed by atoms with Crippen molar-refractivity contribution in [3.05, 3.63) is 24.0 Å². The second kappa shape index (κ2) is 9.21. The highest BCUT2D eigenvalue weighted by Crippen LogP contribution is 2.38. The Kier molecular flexibility index (Phi) is 6.89. The van der Waals surface area contributed by atoms with Crippen molar-refractivity contribution in [3.8, 4) is 0 Å². The molecule has 2 fully saturated rings. The van der Waals surface area contributed by atoms with Crippen LogP contribution in [0.1, 0.15) is 58.7 Å². The minimum absolute atomic E-state index is 0.0502. The molecule has 1 saturated heterocycles. The average Bonchev–Trinajstić information content (AvgIpc) is 3.38.